The van der Waals surface area contributed by atoms with Crippen molar-refractivity contribution in [1.82, 2.24) is 8.87 Å². The summed E-state index contributed by atoms with van der Waals surface area (Å²) in [6, 6.07) is 7.60. The van der Waals surface area contributed by atoms with Gasteiger partial charge < -0.3 is 14.4 Å². The highest BCUT2D eigenvalue weighted by Gasteiger charge is 2.37. The van der Waals surface area contributed by atoms with Gasteiger partial charge in [0.25, 0.3) is 5.69 Å². The molecule has 1 aromatic heterocycles. The van der Waals surface area contributed by atoms with Crippen molar-refractivity contribution in [2.24, 2.45) is 0 Å². The highest BCUT2D eigenvalue weighted by Crippen LogP contribution is 2.38. The molecule has 0 bridgehead atoms. The molecule has 0 radical (unpaired) electrons. The molecule has 2 aromatic carbocycles. The SMILES string of the molecule is CCC(C(=O)O)n1c2c(c3cc(F)ccc31)C[C@@H](N(CCOC)S(=O)(=O)c1ccc([N+](=O)[O-])cc1)CC2. The predicted octanol–water partition coefficient (Wildman–Crippen LogP) is 3.92. The van der Waals surface area contributed by atoms with E-state index in [4.69, 9.17) is 4.74 Å². The quantitative estimate of drug-likeness (QED) is 0.309. The van der Waals surface area contributed by atoms with Crippen LogP contribution in [0.5, 0.6) is 0 Å². The molecule has 1 unspecified atom stereocenters. The summed E-state index contributed by atoms with van der Waals surface area (Å²) in [5.74, 6) is -1.45. The average Bonchev–Trinajstić information content (AvgIpc) is 3.17. The number of nitro groups is 1. The number of fused-ring (bicyclic) bond motifs is 3. The van der Waals surface area contributed by atoms with Gasteiger partial charge in [0.1, 0.15) is 11.9 Å². The van der Waals surface area contributed by atoms with Crippen molar-refractivity contribution in [3.63, 3.8) is 0 Å². The topological polar surface area (TPSA) is 132 Å². The molecule has 10 nitrogen and oxygen atoms in total. The van der Waals surface area contributed by atoms with Crippen LogP contribution >= 0.6 is 0 Å². The number of carboxylic acids is 1. The van der Waals surface area contributed by atoms with Gasteiger partial charge in [-0.05, 0) is 61.6 Å². The number of benzene rings is 2. The van der Waals surface area contributed by atoms with E-state index in [1.165, 1.54) is 35.7 Å². The smallest absolute Gasteiger partial charge is 0.326 e. The minimum atomic E-state index is -4.05. The van der Waals surface area contributed by atoms with E-state index in [2.05, 4.69) is 0 Å². The zero-order chi connectivity index (χ0) is 26.9. The third-order valence-electron chi connectivity index (χ3n) is 6.90. The fourth-order valence-corrected chi connectivity index (χ4v) is 6.81. The molecule has 0 saturated heterocycles. The lowest BCUT2D eigenvalue weighted by Gasteiger charge is -2.34. The van der Waals surface area contributed by atoms with E-state index in [1.807, 2.05) is 0 Å². The molecular weight excluding hydrogens is 505 g/mol. The van der Waals surface area contributed by atoms with E-state index in [0.717, 1.165) is 23.4 Å². The van der Waals surface area contributed by atoms with E-state index in [-0.39, 0.29) is 30.2 Å². The third kappa shape index (κ3) is 4.96. The summed E-state index contributed by atoms with van der Waals surface area (Å²) in [7, 11) is -2.59. The molecule has 12 heteroatoms. The van der Waals surface area contributed by atoms with Crippen LogP contribution in [0.2, 0.25) is 0 Å². The molecule has 4 rings (SSSR count). The summed E-state index contributed by atoms with van der Waals surface area (Å²) in [6.07, 6.45) is 1.41. The largest absolute Gasteiger partial charge is 0.480 e. The second-order valence-electron chi connectivity index (χ2n) is 8.98. The van der Waals surface area contributed by atoms with Crippen LogP contribution in [0.1, 0.15) is 37.1 Å². The lowest BCUT2D eigenvalue weighted by atomic mass is 9.91. The number of carbonyl (C=O) groups is 1. The van der Waals surface area contributed by atoms with Crippen molar-refractivity contribution in [3.05, 3.63) is 69.7 Å². The number of nitro benzene ring substituents is 1. The Morgan fingerprint density at radius 2 is 2.00 bits per heavy atom. The van der Waals surface area contributed by atoms with E-state index >= 15 is 0 Å². The minimum Gasteiger partial charge on any atom is -0.480 e. The summed E-state index contributed by atoms with van der Waals surface area (Å²) in [4.78, 5) is 22.4. The van der Waals surface area contributed by atoms with Crippen molar-refractivity contribution in [2.75, 3.05) is 20.3 Å². The Morgan fingerprint density at radius 3 is 2.59 bits per heavy atom. The van der Waals surface area contributed by atoms with Crippen LogP contribution in [0.3, 0.4) is 0 Å². The van der Waals surface area contributed by atoms with Crippen LogP contribution in [0, 0.1) is 15.9 Å². The van der Waals surface area contributed by atoms with E-state index in [1.54, 1.807) is 17.6 Å². The first kappa shape index (κ1) is 26.7. The molecule has 0 amide bonds. The van der Waals surface area contributed by atoms with Crippen molar-refractivity contribution in [3.8, 4) is 0 Å². The van der Waals surface area contributed by atoms with Crippen molar-refractivity contribution < 1.29 is 32.4 Å². The molecule has 0 spiro atoms. The molecule has 1 heterocycles. The number of non-ortho nitro benzene ring substituents is 1. The van der Waals surface area contributed by atoms with Crippen molar-refractivity contribution >= 4 is 32.6 Å². The zero-order valence-electron chi connectivity index (χ0n) is 20.5. The van der Waals surface area contributed by atoms with Gasteiger partial charge in [0.2, 0.25) is 10.0 Å². The number of aromatic nitrogens is 1. The molecular formula is C25H28FN3O7S. The van der Waals surface area contributed by atoms with Gasteiger partial charge in [0.15, 0.2) is 0 Å². The highest BCUT2D eigenvalue weighted by atomic mass is 32.2. The molecule has 0 fully saturated rings. The Hall–Kier alpha value is -3.35. The summed E-state index contributed by atoms with van der Waals surface area (Å²) in [6.45, 7) is 1.95. The van der Waals surface area contributed by atoms with Crippen LogP contribution < -0.4 is 0 Å². The monoisotopic (exact) mass is 533 g/mol. The fourth-order valence-electron chi connectivity index (χ4n) is 5.17. The Labute approximate surface area is 213 Å². The predicted molar refractivity (Wildman–Crippen MR) is 134 cm³/mol. The van der Waals surface area contributed by atoms with E-state index < -0.39 is 38.8 Å². The number of ether oxygens (including phenoxy) is 1. The Balaban J connectivity index is 1.78. The Bertz CT molecular complexity index is 1440. The summed E-state index contributed by atoms with van der Waals surface area (Å²) >= 11 is 0. The number of hydrogen-bond acceptors (Lipinski definition) is 6. The first-order chi connectivity index (χ1) is 17.6. The van der Waals surface area contributed by atoms with Gasteiger partial charge in [-0.2, -0.15) is 4.31 Å². The second-order valence-corrected chi connectivity index (χ2v) is 10.9. The molecule has 1 aliphatic rings. The van der Waals surface area contributed by atoms with Crippen molar-refractivity contribution in [2.45, 2.75) is 49.6 Å². The van der Waals surface area contributed by atoms with Crippen LogP contribution in [0.15, 0.2) is 47.4 Å². The summed E-state index contributed by atoms with van der Waals surface area (Å²) in [5, 5.41) is 21.4. The number of sulfonamides is 1. The molecule has 1 N–H and O–H groups in total. The maximum atomic E-state index is 14.3. The fraction of sp³-hybridized carbons (Fsp3) is 0.400. The second kappa shape index (κ2) is 10.6. The molecule has 1 aliphatic carbocycles. The molecule has 0 saturated carbocycles. The molecule has 198 valence electrons. The van der Waals surface area contributed by atoms with Gasteiger partial charge in [-0.1, -0.05) is 6.92 Å². The number of aliphatic carboxylic acids is 1. The lowest BCUT2D eigenvalue weighted by molar-refractivity contribution is -0.384. The van der Waals surface area contributed by atoms with Crippen molar-refractivity contribution in [1.29, 1.82) is 0 Å². The van der Waals surface area contributed by atoms with Gasteiger partial charge >= 0.3 is 5.97 Å². The van der Waals surface area contributed by atoms with Crippen LogP contribution in [-0.2, 0) is 32.4 Å². The summed E-state index contributed by atoms with van der Waals surface area (Å²) < 4.78 is 49.8. The average molecular weight is 534 g/mol. The zero-order valence-corrected chi connectivity index (χ0v) is 21.3. The standard InChI is InChI=1S/C25H28FN3O7S/c1-3-22(25(30)31)28-23-10-4-16(26)14-20(23)21-15-18(7-11-24(21)28)27(12-13-36-2)37(34,35)19-8-5-17(6-9-19)29(32)33/h4-6,8-10,14,18,22H,3,7,11-13,15H2,1-2H3,(H,30,31)/t18-,22?/m0/s1. The number of nitrogens with zero attached hydrogens (tertiary/aromatic N) is 3. The number of rotatable bonds is 10. The summed E-state index contributed by atoms with van der Waals surface area (Å²) in [5.41, 5.74) is 1.88. The normalized spacial score (nSPS) is 16.6. The molecule has 0 aliphatic heterocycles. The number of methoxy groups -OCH3 is 1. The maximum Gasteiger partial charge on any atom is 0.326 e. The van der Waals surface area contributed by atoms with Gasteiger partial charge in [-0.3, -0.25) is 10.1 Å². The Kier molecular flexibility index (Phi) is 7.62. The van der Waals surface area contributed by atoms with E-state index in [9.17, 15) is 32.8 Å². The van der Waals surface area contributed by atoms with Gasteiger partial charge in [0.05, 0.1) is 16.4 Å². The van der Waals surface area contributed by atoms with Crippen LogP contribution in [0.25, 0.3) is 10.9 Å². The maximum absolute atomic E-state index is 14.3. The first-order valence-electron chi connectivity index (χ1n) is 11.9. The number of hydrogen-bond donors (Lipinski definition) is 1. The highest BCUT2D eigenvalue weighted by molar-refractivity contribution is 7.89. The number of halogens is 1. The molecule has 37 heavy (non-hydrogen) atoms. The van der Waals surface area contributed by atoms with E-state index in [0.29, 0.717) is 30.2 Å². The minimum absolute atomic E-state index is 0.0511. The van der Waals surface area contributed by atoms with Gasteiger partial charge in [-0.15, -0.1) is 0 Å². The molecule has 2 atom stereocenters. The number of carboxylic acid groups (broad SMARTS) is 1. The Morgan fingerprint density at radius 1 is 1.30 bits per heavy atom. The van der Waals surface area contributed by atoms with Gasteiger partial charge in [0, 0.05) is 48.4 Å². The van der Waals surface area contributed by atoms with Crippen LogP contribution in [-0.4, -0.2) is 59.6 Å². The lowest BCUT2D eigenvalue weighted by Crippen LogP contribution is -2.45. The third-order valence-corrected chi connectivity index (χ3v) is 8.86. The first-order valence-corrected chi connectivity index (χ1v) is 13.3. The van der Waals surface area contributed by atoms with Crippen LogP contribution in [0.4, 0.5) is 10.1 Å². The molecule has 3 aromatic rings. The van der Waals surface area contributed by atoms with Gasteiger partial charge in [-0.25, -0.2) is 17.6 Å².